The Kier molecular flexibility index (Phi) is 8.52. The fraction of sp³-hybridized carbons (Fsp3) is 0.343. The number of sulfonamides is 1. The topological polar surface area (TPSA) is 87.7 Å². The molecule has 4 aromatic carbocycles. The van der Waals surface area contributed by atoms with Gasteiger partial charge in [-0.1, -0.05) is 72.8 Å². The average molecular weight is 598 g/mol. The lowest BCUT2D eigenvalue weighted by molar-refractivity contribution is -0.122. The van der Waals surface area contributed by atoms with E-state index in [1.165, 1.54) is 18.4 Å². The van der Waals surface area contributed by atoms with Crippen LogP contribution in [-0.2, 0) is 21.4 Å². The molecule has 0 aliphatic carbocycles. The molecule has 4 atom stereocenters. The minimum absolute atomic E-state index is 0.0354. The number of hydrogen-bond donors (Lipinski definition) is 2. The van der Waals surface area contributed by atoms with Gasteiger partial charge in [-0.25, -0.2) is 13.1 Å². The quantitative estimate of drug-likeness (QED) is 0.238. The molecule has 7 nitrogen and oxygen atoms in total. The summed E-state index contributed by atoms with van der Waals surface area (Å²) in [7, 11) is -3.90. The molecule has 2 aliphatic rings. The predicted molar refractivity (Wildman–Crippen MR) is 169 cm³/mol. The van der Waals surface area contributed by atoms with Crippen LogP contribution >= 0.6 is 0 Å². The van der Waals surface area contributed by atoms with Crippen LogP contribution < -0.4 is 14.8 Å². The molecule has 0 bridgehead atoms. The van der Waals surface area contributed by atoms with Crippen molar-refractivity contribution >= 4 is 26.7 Å². The smallest absolute Gasteiger partial charge is 0.241 e. The van der Waals surface area contributed by atoms with Gasteiger partial charge in [0.15, 0.2) is 0 Å². The Balaban J connectivity index is 1.17. The van der Waals surface area contributed by atoms with Crippen molar-refractivity contribution in [1.82, 2.24) is 14.9 Å². The Bertz CT molecular complexity index is 1700. The standard InChI is InChI=1S/C35H39N3O4S/c1-24-12-13-25(2)38(24)23-26-14-17-31-32(18-19-42-34(31)20-26)36-35(39)22-33(28-9-4-3-5-10-28)37-43(40,41)30-16-15-27-8-6-7-11-29(27)21-30/h3-11,14-17,20-21,24-25,32-33,37H,12-13,18-19,22-23H2,1-2H3,(H,36,39). The molecule has 2 aliphatic heterocycles. The Hall–Kier alpha value is -3.72. The molecule has 4 aromatic rings. The Morgan fingerprint density at radius 2 is 1.60 bits per heavy atom. The van der Waals surface area contributed by atoms with Gasteiger partial charge in [0, 0.05) is 37.0 Å². The lowest BCUT2D eigenvalue weighted by Gasteiger charge is -2.29. The predicted octanol–water partition coefficient (Wildman–Crippen LogP) is 6.26. The van der Waals surface area contributed by atoms with Gasteiger partial charge in [-0.05, 0) is 66.8 Å². The van der Waals surface area contributed by atoms with Gasteiger partial charge in [-0.15, -0.1) is 0 Å². The number of hydrogen-bond acceptors (Lipinski definition) is 5. The maximum atomic E-state index is 13.5. The number of rotatable bonds is 9. The molecule has 0 saturated carbocycles. The number of nitrogens with zero attached hydrogens (tertiary/aromatic N) is 1. The second-order valence-corrected chi connectivity index (χ2v) is 13.6. The van der Waals surface area contributed by atoms with E-state index in [4.69, 9.17) is 4.74 Å². The molecular formula is C35H39N3O4S. The van der Waals surface area contributed by atoms with Crippen LogP contribution in [0, 0.1) is 0 Å². The van der Waals surface area contributed by atoms with E-state index < -0.39 is 16.1 Å². The number of carbonyl (C=O) groups excluding carboxylic acids is 1. The van der Waals surface area contributed by atoms with Crippen LogP contribution in [0.2, 0.25) is 0 Å². The van der Waals surface area contributed by atoms with E-state index in [0.717, 1.165) is 34.2 Å². The van der Waals surface area contributed by atoms with Gasteiger partial charge < -0.3 is 10.1 Å². The highest BCUT2D eigenvalue weighted by Gasteiger charge is 2.30. The van der Waals surface area contributed by atoms with Crippen LogP contribution in [0.1, 0.15) is 68.3 Å². The minimum Gasteiger partial charge on any atom is -0.493 e. The maximum Gasteiger partial charge on any atom is 0.241 e. The van der Waals surface area contributed by atoms with Gasteiger partial charge in [0.05, 0.1) is 23.6 Å². The van der Waals surface area contributed by atoms with E-state index in [-0.39, 0.29) is 23.3 Å². The molecule has 1 fully saturated rings. The maximum absolute atomic E-state index is 13.5. The summed E-state index contributed by atoms with van der Waals surface area (Å²) in [5.41, 5.74) is 2.89. The summed E-state index contributed by atoms with van der Waals surface area (Å²) in [5, 5.41) is 4.97. The first kappa shape index (κ1) is 29.4. The van der Waals surface area contributed by atoms with Crippen molar-refractivity contribution < 1.29 is 17.9 Å². The van der Waals surface area contributed by atoms with Gasteiger partial charge in [-0.3, -0.25) is 9.69 Å². The molecule has 1 amide bonds. The van der Waals surface area contributed by atoms with Crippen molar-refractivity contribution in [3.8, 4) is 5.75 Å². The molecule has 2 N–H and O–H groups in total. The van der Waals surface area contributed by atoms with Crippen molar-refractivity contribution in [2.75, 3.05) is 6.61 Å². The van der Waals surface area contributed by atoms with E-state index in [2.05, 4.69) is 47.0 Å². The van der Waals surface area contributed by atoms with Crippen LogP contribution in [-0.4, -0.2) is 37.9 Å². The summed E-state index contributed by atoms with van der Waals surface area (Å²) in [6, 6.07) is 28.5. The second-order valence-electron chi connectivity index (χ2n) is 11.9. The number of fused-ring (bicyclic) bond motifs is 2. The van der Waals surface area contributed by atoms with E-state index in [1.807, 2.05) is 54.6 Å². The number of ether oxygens (including phenoxy) is 1. The third kappa shape index (κ3) is 6.61. The average Bonchev–Trinajstić information content (AvgIpc) is 3.33. The first-order valence-corrected chi connectivity index (χ1v) is 16.6. The van der Waals surface area contributed by atoms with Gasteiger partial charge in [-0.2, -0.15) is 0 Å². The summed E-state index contributed by atoms with van der Waals surface area (Å²) in [6.07, 6.45) is 3.06. The lowest BCUT2D eigenvalue weighted by atomic mass is 9.97. The Morgan fingerprint density at radius 1 is 0.884 bits per heavy atom. The first-order chi connectivity index (χ1) is 20.8. The zero-order valence-corrected chi connectivity index (χ0v) is 25.5. The highest BCUT2D eigenvalue weighted by molar-refractivity contribution is 7.89. The zero-order chi connectivity index (χ0) is 30.0. The third-order valence-corrected chi connectivity index (χ3v) is 10.3. The summed E-state index contributed by atoms with van der Waals surface area (Å²) in [5.74, 6) is 0.585. The van der Waals surface area contributed by atoms with Crippen molar-refractivity contribution in [3.05, 3.63) is 108 Å². The molecule has 0 spiro atoms. The van der Waals surface area contributed by atoms with Crippen LogP contribution in [0.4, 0.5) is 0 Å². The molecule has 4 unspecified atom stereocenters. The van der Waals surface area contributed by atoms with Crippen LogP contribution in [0.25, 0.3) is 10.8 Å². The zero-order valence-electron chi connectivity index (χ0n) is 24.7. The van der Waals surface area contributed by atoms with E-state index >= 15 is 0 Å². The fourth-order valence-electron chi connectivity index (χ4n) is 6.39. The lowest BCUT2D eigenvalue weighted by Crippen LogP contribution is -2.36. The number of benzene rings is 4. The molecule has 0 aromatic heterocycles. The fourth-order valence-corrected chi connectivity index (χ4v) is 7.65. The minimum atomic E-state index is -3.90. The van der Waals surface area contributed by atoms with Crippen LogP contribution in [0.5, 0.6) is 5.75 Å². The molecule has 224 valence electrons. The highest BCUT2D eigenvalue weighted by Crippen LogP contribution is 2.35. The number of amides is 1. The van der Waals surface area contributed by atoms with Crippen LogP contribution in [0.15, 0.2) is 95.9 Å². The second kappa shape index (κ2) is 12.5. The monoisotopic (exact) mass is 597 g/mol. The van der Waals surface area contributed by atoms with Crippen molar-refractivity contribution in [3.63, 3.8) is 0 Å². The largest absolute Gasteiger partial charge is 0.493 e. The summed E-state index contributed by atoms with van der Waals surface area (Å²) in [4.78, 5) is 16.2. The van der Waals surface area contributed by atoms with Crippen molar-refractivity contribution in [2.24, 2.45) is 0 Å². The summed E-state index contributed by atoms with van der Waals surface area (Å²) in [6.45, 7) is 5.96. The van der Waals surface area contributed by atoms with Crippen molar-refractivity contribution in [2.45, 2.75) is 75.1 Å². The van der Waals surface area contributed by atoms with Crippen LogP contribution in [0.3, 0.4) is 0 Å². The van der Waals surface area contributed by atoms with Gasteiger partial charge in [0.2, 0.25) is 15.9 Å². The van der Waals surface area contributed by atoms with Crippen molar-refractivity contribution in [1.29, 1.82) is 0 Å². The Labute approximate surface area is 254 Å². The third-order valence-electron chi connectivity index (χ3n) is 8.87. The van der Waals surface area contributed by atoms with Gasteiger partial charge >= 0.3 is 0 Å². The molecule has 2 heterocycles. The highest BCUT2D eigenvalue weighted by atomic mass is 32.2. The number of likely N-dealkylation sites (tertiary alicyclic amines) is 1. The first-order valence-electron chi connectivity index (χ1n) is 15.1. The number of nitrogens with one attached hydrogen (secondary N) is 2. The molecule has 43 heavy (non-hydrogen) atoms. The summed E-state index contributed by atoms with van der Waals surface area (Å²) < 4.78 is 35.9. The molecule has 1 saturated heterocycles. The van der Waals surface area contributed by atoms with Gasteiger partial charge in [0.1, 0.15) is 5.75 Å². The molecular weight excluding hydrogens is 558 g/mol. The van der Waals surface area contributed by atoms with Gasteiger partial charge in [0.25, 0.3) is 0 Å². The van der Waals surface area contributed by atoms with E-state index in [0.29, 0.717) is 25.1 Å². The summed E-state index contributed by atoms with van der Waals surface area (Å²) >= 11 is 0. The Morgan fingerprint density at radius 3 is 2.37 bits per heavy atom. The van der Waals surface area contributed by atoms with E-state index in [1.54, 1.807) is 18.2 Å². The molecule has 8 heteroatoms. The normalized spacial score (nSPS) is 21.2. The SMILES string of the molecule is CC1CCC(C)N1Cc1ccc2c(c1)OCCC2NC(=O)CC(NS(=O)(=O)c1ccc2ccccc2c1)c1ccccc1. The molecule has 0 radical (unpaired) electrons. The number of carbonyl (C=O) groups is 1. The molecule has 6 rings (SSSR count). The van der Waals surface area contributed by atoms with E-state index in [9.17, 15) is 13.2 Å².